The minimum atomic E-state index is -1.43. The van der Waals surface area contributed by atoms with E-state index < -0.39 is 11.5 Å². The molecule has 1 aliphatic heterocycles. The lowest BCUT2D eigenvalue weighted by Crippen LogP contribution is -2.54. The smallest absolute Gasteiger partial charge is 0.259 e. The van der Waals surface area contributed by atoms with Crippen LogP contribution in [0.5, 0.6) is 0 Å². The van der Waals surface area contributed by atoms with Crippen LogP contribution in [0.1, 0.15) is 23.3 Å². The van der Waals surface area contributed by atoms with Gasteiger partial charge in [-0.15, -0.1) is 11.3 Å². The molecule has 0 bridgehead atoms. The lowest BCUT2D eigenvalue weighted by Gasteiger charge is -2.37. The molecule has 32 heavy (non-hydrogen) atoms. The van der Waals surface area contributed by atoms with Gasteiger partial charge in [0.1, 0.15) is 5.65 Å². The van der Waals surface area contributed by atoms with Gasteiger partial charge in [0.05, 0.1) is 5.69 Å². The Bertz CT molecular complexity index is 1250. The monoisotopic (exact) mass is 447 g/mol. The van der Waals surface area contributed by atoms with Crippen LogP contribution in [0.3, 0.4) is 0 Å². The molecule has 1 amide bonds. The predicted molar refractivity (Wildman–Crippen MR) is 126 cm³/mol. The van der Waals surface area contributed by atoms with Crippen molar-refractivity contribution in [3.8, 4) is 11.3 Å². The Morgan fingerprint density at radius 3 is 2.97 bits per heavy atom. The van der Waals surface area contributed by atoms with E-state index in [1.165, 1.54) is 16.9 Å². The largest absolute Gasteiger partial charge is 0.379 e. The Balaban J connectivity index is 1.32. The Morgan fingerprint density at radius 2 is 2.12 bits per heavy atom. The number of amides is 1. The van der Waals surface area contributed by atoms with Crippen LogP contribution in [-0.2, 0) is 11.3 Å². The third-order valence-electron chi connectivity index (χ3n) is 5.94. The number of aromatic amines is 1. The molecule has 1 saturated heterocycles. The van der Waals surface area contributed by atoms with E-state index in [4.69, 9.17) is 0 Å². The first-order chi connectivity index (χ1) is 15.5. The summed E-state index contributed by atoms with van der Waals surface area (Å²) in [6.07, 6.45) is 4.84. The topological polar surface area (TPSA) is 94.1 Å². The van der Waals surface area contributed by atoms with E-state index in [0.717, 1.165) is 40.1 Å². The number of carbonyl (C=O) groups excluding carboxylic acids is 1. The van der Waals surface area contributed by atoms with Crippen molar-refractivity contribution in [3.63, 3.8) is 0 Å². The maximum Gasteiger partial charge on any atom is 0.259 e. The Morgan fingerprint density at radius 1 is 1.28 bits per heavy atom. The van der Waals surface area contributed by atoms with Gasteiger partial charge in [0.25, 0.3) is 5.91 Å². The molecular weight excluding hydrogens is 422 g/mol. The minimum absolute atomic E-state index is 0.305. The van der Waals surface area contributed by atoms with Crippen LogP contribution in [0.15, 0.2) is 54.9 Å². The number of aliphatic hydroxyl groups is 1. The van der Waals surface area contributed by atoms with Gasteiger partial charge >= 0.3 is 0 Å². The molecule has 8 heteroatoms. The number of likely N-dealkylation sites (tertiary alicyclic amines) is 1. The van der Waals surface area contributed by atoms with Crippen molar-refractivity contribution in [1.82, 2.24) is 19.9 Å². The lowest BCUT2D eigenvalue weighted by atomic mass is 9.91. The molecule has 7 nitrogen and oxygen atoms in total. The average molecular weight is 448 g/mol. The third-order valence-corrected chi connectivity index (χ3v) is 6.83. The fourth-order valence-corrected chi connectivity index (χ4v) is 5.17. The highest BCUT2D eigenvalue weighted by atomic mass is 32.1. The van der Waals surface area contributed by atoms with Crippen LogP contribution in [0.25, 0.3) is 22.3 Å². The Hall–Kier alpha value is -3.07. The number of nitrogens with zero attached hydrogens (tertiary/aromatic N) is 3. The number of β-amino-alcohol motifs (C(OH)–C–C–N with tert-alkyl or cyclic N) is 1. The van der Waals surface area contributed by atoms with Gasteiger partial charge in [0, 0.05) is 41.3 Å². The van der Waals surface area contributed by atoms with Crippen molar-refractivity contribution >= 4 is 33.4 Å². The number of piperidine rings is 1. The summed E-state index contributed by atoms with van der Waals surface area (Å²) in [5.74, 6) is -0.392. The molecule has 164 valence electrons. The van der Waals surface area contributed by atoms with E-state index in [0.29, 0.717) is 24.6 Å². The van der Waals surface area contributed by atoms with Crippen molar-refractivity contribution < 1.29 is 9.90 Å². The molecular formula is C24H25N5O2S. The Kier molecular flexibility index (Phi) is 5.50. The second-order valence-corrected chi connectivity index (χ2v) is 9.51. The number of carbonyl (C=O) groups is 1. The van der Waals surface area contributed by atoms with Gasteiger partial charge in [0.15, 0.2) is 10.7 Å². The summed E-state index contributed by atoms with van der Waals surface area (Å²) < 4.78 is 0. The average Bonchev–Trinajstić information content (AvgIpc) is 3.37. The van der Waals surface area contributed by atoms with E-state index in [9.17, 15) is 9.90 Å². The van der Waals surface area contributed by atoms with Crippen LogP contribution in [0, 0.1) is 6.92 Å². The van der Waals surface area contributed by atoms with Crippen LogP contribution in [0.2, 0.25) is 0 Å². The highest BCUT2D eigenvalue weighted by Crippen LogP contribution is 2.35. The summed E-state index contributed by atoms with van der Waals surface area (Å²) in [4.78, 5) is 28.4. The number of H-pyrrole nitrogens is 1. The van der Waals surface area contributed by atoms with Gasteiger partial charge < -0.3 is 10.1 Å². The molecule has 0 saturated carbocycles. The molecule has 5 rings (SSSR count). The molecule has 1 aliphatic rings. The number of hydrogen-bond donors (Lipinski definition) is 3. The van der Waals surface area contributed by atoms with Gasteiger partial charge in [-0.25, -0.2) is 9.97 Å². The summed E-state index contributed by atoms with van der Waals surface area (Å²) in [5.41, 5.74) is 2.30. The van der Waals surface area contributed by atoms with E-state index in [1.54, 1.807) is 6.20 Å². The van der Waals surface area contributed by atoms with Gasteiger partial charge in [-0.2, -0.15) is 0 Å². The highest BCUT2D eigenvalue weighted by Gasteiger charge is 2.40. The van der Waals surface area contributed by atoms with Crippen molar-refractivity contribution in [1.29, 1.82) is 0 Å². The molecule has 1 aromatic carbocycles. The van der Waals surface area contributed by atoms with Crippen molar-refractivity contribution in [3.05, 3.63) is 65.3 Å². The number of anilines is 1. The van der Waals surface area contributed by atoms with Crippen LogP contribution >= 0.6 is 11.3 Å². The molecule has 3 aromatic heterocycles. The number of benzene rings is 1. The lowest BCUT2D eigenvalue weighted by molar-refractivity contribution is -0.140. The number of aryl methyl sites for hydroxylation is 1. The summed E-state index contributed by atoms with van der Waals surface area (Å²) in [6, 6.07) is 14.0. The molecule has 4 heterocycles. The number of rotatable bonds is 5. The molecule has 0 aliphatic carbocycles. The fourth-order valence-electron chi connectivity index (χ4n) is 4.35. The molecule has 1 unspecified atom stereocenters. The van der Waals surface area contributed by atoms with Gasteiger partial charge in [-0.3, -0.25) is 15.0 Å². The zero-order valence-electron chi connectivity index (χ0n) is 17.8. The van der Waals surface area contributed by atoms with Crippen molar-refractivity contribution in [2.45, 2.75) is 31.9 Å². The zero-order chi connectivity index (χ0) is 22.1. The molecule has 3 N–H and O–H groups in total. The maximum atomic E-state index is 13.1. The van der Waals surface area contributed by atoms with E-state index in [1.807, 2.05) is 43.5 Å². The molecule has 0 spiro atoms. The van der Waals surface area contributed by atoms with Crippen LogP contribution < -0.4 is 5.32 Å². The third kappa shape index (κ3) is 4.04. The van der Waals surface area contributed by atoms with E-state index in [-0.39, 0.29) is 0 Å². The van der Waals surface area contributed by atoms with Crippen LogP contribution in [0.4, 0.5) is 5.13 Å². The van der Waals surface area contributed by atoms with Gasteiger partial charge in [-0.05, 0) is 44.0 Å². The fraction of sp³-hybridized carbons (Fsp3) is 0.292. The number of nitrogens with one attached hydrogen (secondary N) is 2. The van der Waals surface area contributed by atoms with Crippen LogP contribution in [-0.4, -0.2) is 49.6 Å². The van der Waals surface area contributed by atoms with Gasteiger partial charge in [0.2, 0.25) is 0 Å². The van der Waals surface area contributed by atoms with Crippen molar-refractivity contribution in [2.24, 2.45) is 0 Å². The molecule has 1 atom stereocenters. The number of fused-ring (bicyclic) bond motifs is 1. The van der Waals surface area contributed by atoms with Gasteiger partial charge in [-0.1, -0.05) is 30.3 Å². The first-order valence-corrected chi connectivity index (χ1v) is 11.5. The first-order valence-electron chi connectivity index (χ1n) is 10.7. The second-order valence-electron chi connectivity index (χ2n) is 8.31. The second kappa shape index (κ2) is 8.46. The summed E-state index contributed by atoms with van der Waals surface area (Å²) in [6.45, 7) is 3.86. The number of pyridine rings is 1. The number of thiazole rings is 1. The quantitative estimate of drug-likeness (QED) is 0.431. The normalized spacial score (nSPS) is 19.3. The number of hydrogen-bond acceptors (Lipinski definition) is 6. The SMILES string of the molecule is Cc1sc(NC(=O)C2(O)CCCN(Cc3ccccc3)C2)nc1-c1c[nH]c2ncccc12. The molecule has 4 aromatic rings. The molecule has 1 fully saturated rings. The van der Waals surface area contributed by atoms with E-state index >= 15 is 0 Å². The maximum absolute atomic E-state index is 13.1. The number of aromatic nitrogens is 3. The predicted octanol–water partition coefficient (Wildman–Crippen LogP) is 3.96. The zero-order valence-corrected chi connectivity index (χ0v) is 18.7. The highest BCUT2D eigenvalue weighted by molar-refractivity contribution is 7.16. The van der Waals surface area contributed by atoms with E-state index in [2.05, 4.69) is 37.3 Å². The summed E-state index contributed by atoms with van der Waals surface area (Å²) >= 11 is 1.41. The summed E-state index contributed by atoms with van der Waals surface area (Å²) in [7, 11) is 0. The minimum Gasteiger partial charge on any atom is -0.379 e. The van der Waals surface area contributed by atoms with Crippen molar-refractivity contribution in [2.75, 3.05) is 18.4 Å². The standard InChI is InChI=1S/C24H25N5O2S/c1-16-20(19-13-26-21-18(19)9-5-11-25-21)27-23(32-16)28-22(30)24(31)10-6-12-29(15-24)14-17-7-3-2-4-8-17/h2-5,7-9,11,13,31H,6,10,12,14-15H2,1H3,(H,25,26)(H,27,28,30). The summed E-state index contributed by atoms with van der Waals surface area (Å²) in [5, 5.41) is 15.5. The molecule has 0 radical (unpaired) electrons. The Labute approximate surface area is 190 Å². The first kappa shape index (κ1) is 20.8.